The summed E-state index contributed by atoms with van der Waals surface area (Å²) < 4.78 is 41.8. The maximum Gasteiger partial charge on any atom is 0.401 e. The highest BCUT2D eigenvalue weighted by atomic mass is 32.1. The van der Waals surface area contributed by atoms with Crippen molar-refractivity contribution >= 4 is 12.6 Å². The minimum absolute atomic E-state index is 0.124. The van der Waals surface area contributed by atoms with E-state index in [4.69, 9.17) is 4.74 Å². The summed E-state index contributed by atoms with van der Waals surface area (Å²) in [6.45, 7) is 0.823. The van der Waals surface area contributed by atoms with Gasteiger partial charge in [0.15, 0.2) is 0 Å². The minimum atomic E-state index is -4.13. The molecule has 0 atom stereocenters. The van der Waals surface area contributed by atoms with Crippen molar-refractivity contribution < 1.29 is 17.9 Å². The van der Waals surface area contributed by atoms with Crippen molar-refractivity contribution in [3.63, 3.8) is 0 Å². The quantitative estimate of drug-likeness (QED) is 0.775. The number of nitrogens with zero attached hydrogens (tertiary/aromatic N) is 1. The fourth-order valence-corrected chi connectivity index (χ4v) is 2.52. The molecule has 0 aromatic heterocycles. The Kier molecular flexibility index (Phi) is 4.94. The van der Waals surface area contributed by atoms with E-state index >= 15 is 0 Å². The minimum Gasteiger partial charge on any atom is -0.381 e. The molecule has 0 amide bonds. The van der Waals surface area contributed by atoms with Crippen LogP contribution in [0.5, 0.6) is 0 Å². The van der Waals surface area contributed by atoms with Gasteiger partial charge in [-0.25, -0.2) is 0 Å². The van der Waals surface area contributed by atoms with E-state index < -0.39 is 12.7 Å². The molecule has 96 valence electrons. The molecule has 0 spiro atoms. The average Bonchev–Trinajstić information content (AvgIpc) is 2.16. The molecule has 1 rings (SSSR count). The summed E-state index contributed by atoms with van der Waals surface area (Å²) in [5, 5.41) is 0. The van der Waals surface area contributed by atoms with Gasteiger partial charge < -0.3 is 4.74 Å². The van der Waals surface area contributed by atoms with E-state index in [-0.39, 0.29) is 5.41 Å². The molecule has 0 unspecified atom stereocenters. The van der Waals surface area contributed by atoms with Crippen LogP contribution in [0.2, 0.25) is 0 Å². The van der Waals surface area contributed by atoms with Crippen molar-refractivity contribution in [2.75, 3.05) is 39.1 Å². The molecule has 0 saturated carbocycles. The number of hydrogen-bond acceptors (Lipinski definition) is 3. The van der Waals surface area contributed by atoms with Gasteiger partial charge in [0.1, 0.15) is 0 Å². The Morgan fingerprint density at radius 2 is 1.88 bits per heavy atom. The van der Waals surface area contributed by atoms with Crippen molar-refractivity contribution in [2.45, 2.75) is 19.0 Å². The van der Waals surface area contributed by atoms with Crippen LogP contribution in [0.15, 0.2) is 0 Å². The molecule has 0 radical (unpaired) electrons. The van der Waals surface area contributed by atoms with Crippen molar-refractivity contribution in [3.05, 3.63) is 0 Å². The molecule has 1 heterocycles. The second kappa shape index (κ2) is 5.60. The lowest BCUT2D eigenvalue weighted by atomic mass is 9.81. The molecular weight excluding hydrogens is 239 g/mol. The first kappa shape index (κ1) is 14.1. The zero-order valence-corrected chi connectivity index (χ0v) is 10.3. The lowest BCUT2D eigenvalue weighted by Crippen LogP contribution is -2.44. The van der Waals surface area contributed by atoms with E-state index in [1.54, 1.807) is 0 Å². The second-order valence-electron chi connectivity index (χ2n) is 4.56. The zero-order chi connectivity index (χ0) is 12.2. The monoisotopic (exact) mass is 257 g/mol. The summed E-state index contributed by atoms with van der Waals surface area (Å²) in [7, 11) is 1.51. The molecule has 1 saturated heterocycles. The number of ether oxygens (including phenoxy) is 1. The summed E-state index contributed by atoms with van der Waals surface area (Å²) in [5.41, 5.74) is -0.124. The average molecular weight is 257 g/mol. The Morgan fingerprint density at radius 3 is 2.31 bits per heavy atom. The lowest BCUT2D eigenvalue weighted by molar-refractivity contribution is -0.147. The SMILES string of the molecule is CN(CC(F)(F)F)CC1(CS)CCOCC1. The van der Waals surface area contributed by atoms with Crippen LogP contribution in [0.25, 0.3) is 0 Å². The summed E-state index contributed by atoms with van der Waals surface area (Å²) >= 11 is 4.27. The molecule has 1 fully saturated rings. The summed E-state index contributed by atoms with van der Waals surface area (Å²) in [6.07, 6.45) is -2.55. The van der Waals surface area contributed by atoms with Crippen LogP contribution in [0.3, 0.4) is 0 Å². The van der Waals surface area contributed by atoms with E-state index in [0.717, 1.165) is 12.8 Å². The molecule has 6 heteroatoms. The van der Waals surface area contributed by atoms with Gasteiger partial charge in [-0.3, -0.25) is 4.90 Å². The topological polar surface area (TPSA) is 12.5 Å². The van der Waals surface area contributed by atoms with Gasteiger partial charge in [-0.2, -0.15) is 25.8 Å². The number of hydrogen-bond donors (Lipinski definition) is 1. The molecule has 0 N–H and O–H groups in total. The smallest absolute Gasteiger partial charge is 0.381 e. The van der Waals surface area contributed by atoms with E-state index in [1.807, 2.05) is 0 Å². The summed E-state index contributed by atoms with van der Waals surface area (Å²) in [5.74, 6) is 0.610. The molecular formula is C10H18F3NOS. The Labute approximate surface area is 99.5 Å². The summed E-state index contributed by atoms with van der Waals surface area (Å²) in [6, 6.07) is 0. The first-order valence-corrected chi connectivity index (χ1v) is 5.94. The van der Waals surface area contributed by atoms with Gasteiger partial charge in [-0.1, -0.05) is 0 Å². The molecule has 2 nitrogen and oxygen atoms in total. The van der Waals surface area contributed by atoms with Crippen LogP contribution in [0, 0.1) is 5.41 Å². The first-order chi connectivity index (χ1) is 7.37. The van der Waals surface area contributed by atoms with Crippen LogP contribution in [-0.2, 0) is 4.74 Å². The normalized spacial score (nSPS) is 21.4. The second-order valence-corrected chi connectivity index (χ2v) is 4.87. The van der Waals surface area contributed by atoms with Crippen molar-refractivity contribution in [1.82, 2.24) is 4.90 Å². The highest BCUT2D eigenvalue weighted by Crippen LogP contribution is 2.33. The first-order valence-electron chi connectivity index (χ1n) is 5.31. The molecule has 0 aromatic rings. The summed E-state index contributed by atoms with van der Waals surface area (Å²) in [4.78, 5) is 1.33. The van der Waals surface area contributed by atoms with Crippen LogP contribution in [0.4, 0.5) is 13.2 Å². The van der Waals surface area contributed by atoms with E-state index in [1.165, 1.54) is 11.9 Å². The van der Waals surface area contributed by atoms with Gasteiger partial charge in [-0.05, 0) is 31.1 Å². The van der Waals surface area contributed by atoms with Gasteiger partial charge in [-0.15, -0.1) is 0 Å². The van der Waals surface area contributed by atoms with Gasteiger partial charge >= 0.3 is 6.18 Å². The third kappa shape index (κ3) is 4.51. The highest BCUT2D eigenvalue weighted by Gasteiger charge is 2.36. The van der Waals surface area contributed by atoms with Gasteiger partial charge in [0, 0.05) is 19.8 Å². The van der Waals surface area contributed by atoms with Gasteiger partial charge in [0.05, 0.1) is 6.54 Å². The zero-order valence-electron chi connectivity index (χ0n) is 9.39. The van der Waals surface area contributed by atoms with E-state index in [0.29, 0.717) is 25.5 Å². The Hall–Kier alpha value is 0.0600. The van der Waals surface area contributed by atoms with Crippen LogP contribution < -0.4 is 0 Å². The number of alkyl halides is 3. The third-order valence-corrected chi connectivity index (χ3v) is 3.61. The van der Waals surface area contributed by atoms with Crippen molar-refractivity contribution in [3.8, 4) is 0 Å². The predicted molar refractivity (Wildman–Crippen MR) is 59.9 cm³/mol. The van der Waals surface area contributed by atoms with Crippen molar-refractivity contribution in [1.29, 1.82) is 0 Å². The fourth-order valence-electron chi connectivity index (χ4n) is 2.11. The fraction of sp³-hybridized carbons (Fsp3) is 1.00. The van der Waals surface area contributed by atoms with E-state index in [9.17, 15) is 13.2 Å². The predicted octanol–water partition coefficient (Wildman–Crippen LogP) is 2.21. The number of halogens is 3. The van der Waals surface area contributed by atoms with Gasteiger partial charge in [0.25, 0.3) is 0 Å². The maximum absolute atomic E-state index is 12.2. The molecule has 0 bridgehead atoms. The largest absolute Gasteiger partial charge is 0.401 e. The Balaban J connectivity index is 2.48. The number of thiol groups is 1. The Morgan fingerprint density at radius 1 is 1.31 bits per heavy atom. The van der Waals surface area contributed by atoms with Gasteiger partial charge in [0.2, 0.25) is 0 Å². The number of rotatable bonds is 4. The Bertz CT molecular complexity index is 217. The molecule has 16 heavy (non-hydrogen) atoms. The molecule has 1 aliphatic heterocycles. The molecule has 0 aliphatic carbocycles. The van der Waals surface area contributed by atoms with Crippen molar-refractivity contribution in [2.24, 2.45) is 5.41 Å². The molecule has 0 aromatic carbocycles. The third-order valence-electron chi connectivity index (χ3n) is 2.94. The maximum atomic E-state index is 12.2. The van der Waals surface area contributed by atoms with E-state index in [2.05, 4.69) is 12.6 Å². The van der Waals surface area contributed by atoms with Crippen LogP contribution in [-0.4, -0.2) is 50.2 Å². The van der Waals surface area contributed by atoms with Crippen LogP contribution >= 0.6 is 12.6 Å². The lowest BCUT2D eigenvalue weighted by Gasteiger charge is -2.39. The standard InChI is InChI=1S/C10H18F3NOS/c1-14(7-10(11,12)13)6-9(8-16)2-4-15-5-3-9/h16H,2-8H2,1H3. The van der Waals surface area contributed by atoms with Crippen LogP contribution in [0.1, 0.15) is 12.8 Å². The highest BCUT2D eigenvalue weighted by molar-refractivity contribution is 7.80. The molecule has 1 aliphatic rings.